The van der Waals surface area contributed by atoms with Crippen LogP contribution in [0, 0.1) is 0 Å². The van der Waals surface area contributed by atoms with E-state index in [1.54, 1.807) is 7.11 Å². The summed E-state index contributed by atoms with van der Waals surface area (Å²) in [6.45, 7) is 5.68. The fraction of sp³-hybridized carbons (Fsp3) is 0.571. The second-order valence-electron chi connectivity index (χ2n) is 4.69. The molecule has 4 heteroatoms. The molecule has 100 valence electrons. The maximum Gasteiger partial charge on any atom is 0.133 e. The van der Waals surface area contributed by atoms with Crippen molar-refractivity contribution in [3.8, 4) is 5.75 Å². The van der Waals surface area contributed by atoms with Crippen molar-refractivity contribution in [3.63, 3.8) is 0 Å². The SMILES string of the molecule is COc1ccc(CNCCN2CCCC2)cc1Br. The van der Waals surface area contributed by atoms with Gasteiger partial charge in [-0.2, -0.15) is 0 Å². The van der Waals surface area contributed by atoms with Crippen molar-refractivity contribution >= 4 is 15.9 Å². The predicted octanol–water partition coefficient (Wildman–Crippen LogP) is 2.64. The number of nitrogens with zero attached hydrogens (tertiary/aromatic N) is 1. The number of hydrogen-bond donors (Lipinski definition) is 1. The van der Waals surface area contributed by atoms with Crippen molar-refractivity contribution in [2.24, 2.45) is 0 Å². The van der Waals surface area contributed by atoms with Gasteiger partial charge in [0.1, 0.15) is 5.75 Å². The molecular weight excluding hydrogens is 292 g/mol. The average molecular weight is 313 g/mol. The molecule has 2 rings (SSSR count). The summed E-state index contributed by atoms with van der Waals surface area (Å²) in [5.41, 5.74) is 1.28. The first-order valence-electron chi connectivity index (χ1n) is 6.55. The Balaban J connectivity index is 1.71. The molecule has 0 atom stereocenters. The second kappa shape index (κ2) is 7.12. The van der Waals surface area contributed by atoms with E-state index in [-0.39, 0.29) is 0 Å². The van der Waals surface area contributed by atoms with Gasteiger partial charge in [-0.25, -0.2) is 0 Å². The van der Waals surface area contributed by atoms with Crippen LogP contribution >= 0.6 is 15.9 Å². The Hall–Kier alpha value is -0.580. The Morgan fingerprint density at radius 2 is 2.11 bits per heavy atom. The Morgan fingerprint density at radius 3 is 2.78 bits per heavy atom. The van der Waals surface area contributed by atoms with Crippen LogP contribution in [0.2, 0.25) is 0 Å². The molecular formula is C14H21BrN2O. The van der Waals surface area contributed by atoms with Crippen molar-refractivity contribution in [3.05, 3.63) is 28.2 Å². The van der Waals surface area contributed by atoms with Crippen molar-refractivity contribution in [1.29, 1.82) is 0 Å². The van der Waals surface area contributed by atoms with Gasteiger partial charge >= 0.3 is 0 Å². The van der Waals surface area contributed by atoms with E-state index in [1.165, 1.54) is 31.5 Å². The molecule has 0 radical (unpaired) electrons. The molecule has 1 heterocycles. The van der Waals surface area contributed by atoms with E-state index in [9.17, 15) is 0 Å². The number of rotatable bonds is 6. The van der Waals surface area contributed by atoms with E-state index in [2.05, 4.69) is 38.3 Å². The topological polar surface area (TPSA) is 24.5 Å². The van der Waals surface area contributed by atoms with Crippen molar-refractivity contribution in [2.75, 3.05) is 33.3 Å². The van der Waals surface area contributed by atoms with E-state index in [0.29, 0.717) is 0 Å². The molecule has 18 heavy (non-hydrogen) atoms. The molecule has 1 aromatic rings. The molecule has 1 saturated heterocycles. The van der Waals surface area contributed by atoms with Crippen LogP contribution in [-0.4, -0.2) is 38.2 Å². The predicted molar refractivity (Wildman–Crippen MR) is 78.1 cm³/mol. The molecule has 3 nitrogen and oxygen atoms in total. The van der Waals surface area contributed by atoms with E-state index in [4.69, 9.17) is 4.74 Å². The first-order chi connectivity index (χ1) is 8.79. The lowest BCUT2D eigenvalue weighted by molar-refractivity contribution is 0.335. The van der Waals surface area contributed by atoms with Crippen LogP contribution in [0.1, 0.15) is 18.4 Å². The molecule has 0 unspecified atom stereocenters. The van der Waals surface area contributed by atoms with E-state index < -0.39 is 0 Å². The molecule has 1 aliphatic rings. The average Bonchev–Trinajstić information content (AvgIpc) is 2.88. The second-order valence-corrected chi connectivity index (χ2v) is 5.55. The highest BCUT2D eigenvalue weighted by Gasteiger charge is 2.10. The third kappa shape index (κ3) is 3.97. The number of methoxy groups -OCH3 is 1. The minimum Gasteiger partial charge on any atom is -0.496 e. The number of ether oxygens (including phenoxy) is 1. The summed E-state index contributed by atoms with van der Waals surface area (Å²) in [6, 6.07) is 6.22. The first-order valence-corrected chi connectivity index (χ1v) is 7.34. The fourth-order valence-electron chi connectivity index (χ4n) is 2.30. The largest absolute Gasteiger partial charge is 0.496 e. The van der Waals surface area contributed by atoms with E-state index in [1.807, 2.05) is 6.07 Å². The lowest BCUT2D eigenvalue weighted by Crippen LogP contribution is -2.29. The van der Waals surface area contributed by atoms with Crippen LogP contribution in [0.15, 0.2) is 22.7 Å². The number of halogens is 1. The third-order valence-electron chi connectivity index (χ3n) is 3.35. The molecule has 1 fully saturated rings. The number of benzene rings is 1. The zero-order chi connectivity index (χ0) is 12.8. The quantitative estimate of drug-likeness (QED) is 0.817. The molecule has 0 bridgehead atoms. The molecule has 1 aromatic carbocycles. The van der Waals surface area contributed by atoms with Crippen molar-refractivity contribution in [2.45, 2.75) is 19.4 Å². The van der Waals surface area contributed by atoms with E-state index in [0.717, 1.165) is 29.9 Å². The van der Waals surface area contributed by atoms with Gasteiger partial charge in [0.05, 0.1) is 11.6 Å². The Labute approximate surface area is 118 Å². The Morgan fingerprint density at radius 1 is 1.33 bits per heavy atom. The summed E-state index contributed by atoms with van der Waals surface area (Å²) in [5, 5.41) is 3.49. The minimum atomic E-state index is 0.885. The third-order valence-corrected chi connectivity index (χ3v) is 3.97. The van der Waals surface area contributed by atoms with Crippen LogP contribution in [-0.2, 0) is 6.54 Å². The van der Waals surface area contributed by atoms with Gasteiger partial charge in [0, 0.05) is 19.6 Å². The van der Waals surface area contributed by atoms with Gasteiger partial charge in [-0.15, -0.1) is 0 Å². The normalized spacial score (nSPS) is 16.1. The Kier molecular flexibility index (Phi) is 5.47. The zero-order valence-corrected chi connectivity index (χ0v) is 12.5. The van der Waals surface area contributed by atoms with Gasteiger partial charge in [0.2, 0.25) is 0 Å². The molecule has 1 N–H and O–H groups in total. The van der Waals surface area contributed by atoms with Gasteiger partial charge < -0.3 is 15.0 Å². The molecule has 0 spiro atoms. The highest BCUT2D eigenvalue weighted by Crippen LogP contribution is 2.25. The van der Waals surface area contributed by atoms with Gasteiger partial charge in [0.15, 0.2) is 0 Å². The molecule has 1 aliphatic heterocycles. The van der Waals surface area contributed by atoms with Gasteiger partial charge in [0.25, 0.3) is 0 Å². The first kappa shape index (κ1) is 13.8. The van der Waals surface area contributed by atoms with E-state index >= 15 is 0 Å². The number of nitrogens with one attached hydrogen (secondary N) is 1. The minimum absolute atomic E-state index is 0.885. The highest BCUT2D eigenvalue weighted by atomic mass is 79.9. The summed E-state index contributed by atoms with van der Waals surface area (Å²) < 4.78 is 6.24. The fourth-order valence-corrected chi connectivity index (χ4v) is 2.88. The molecule has 0 aromatic heterocycles. The van der Waals surface area contributed by atoms with Gasteiger partial charge in [-0.05, 0) is 59.6 Å². The molecule has 0 saturated carbocycles. The Bertz CT molecular complexity index is 378. The standard InChI is InChI=1S/C14H21BrN2O/c1-18-14-5-4-12(10-13(14)15)11-16-6-9-17-7-2-3-8-17/h4-5,10,16H,2-3,6-9,11H2,1H3. The lowest BCUT2D eigenvalue weighted by atomic mass is 10.2. The summed E-state index contributed by atoms with van der Waals surface area (Å²) in [6.07, 6.45) is 2.73. The lowest BCUT2D eigenvalue weighted by Gasteiger charge is -2.14. The maximum absolute atomic E-state index is 5.22. The highest BCUT2D eigenvalue weighted by molar-refractivity contribution is 9.10. The van der Waals surface area contributed by atoms with Crippen LogP contribution < -0.4 is 10.1 Å². The van der Waals surface area contributed by atoms with Gasteiger partial charge in [-0.1, -0.05) is 6.07 Å². The van der Waals surface area contributed by atoms with Crippen LogP contribution in [0.5, 0.6) is 5.75 Å². The monoisotopic (exact) mass is 312 g/mol. The molecule has 0 amide bonds. The smallest absolute Gasteiger partial charge is 0.133 e. The number of hydrogen-bond acceptors (Lipinski definition) is 3. The van der Waals surface area contributed by atoms with Crippen LogP contribution in [0.3, 0.4) is 0 Å². The van der Waals surface area contributed by atoms with Crippen molar-refractivity contribution in [1.82, 2.24) is 10.2 Å². The van der Waals surface area contributed by atoms with Crippen molar-refractivity contribution < 1.29 is 4.74 Å². The molecule has 0 aliphatic carbocycles. The van der Waals surface area contributed by atoms with Crippen LogP contribution in [0.4, 0.5) is 0 Å². The maximum atomic E-state index is 5.22. The summed E-state index contributed by atoms with van der Waals surface area (Å²) in [4.78, 5) is 2.52. The summed E-state index contributed by atoms with van der Waals surface area (Å²) in [5.74, 6) is 0.885. The van der Waals surface area contributed by atoms with Gasteiger partial charge in [-0.3, -0.25) is 0 Å². The summed E-state index contributed by atoms with van der Waals surface area (Å²) in [7, 11) is 1.69. The summed E-state index contributed by atoms with van der Waals surface area (Å²) >= 11 is 3.51. The number of likely N-dealkylation sites (tertiary alicyclic amines) is 1. The zero-order valence-electron chi connectivity index (χ0n) is 10.9. The van der Waals surface area contributed by atoms with Crippen LogP contribution in [0.25, 0.3) is 0 Å².